The molecule has 1 aliphatic rings. The third-order valence-electron chi connectivity index (χ3n) is 4.05. The van der Waals surface area contributed by atoms with Gasteiger partial charge in [-0.05, 0) is 39.0 Å². The second kappa shape index (κ2) is 7.55. The van der Waals surface area contributed by atoms with Crippen LogP contribution >= 0.6 is 11.3 Å². The summed E-state index contributed by atoms with van der Waals surface area (Å²) in [5.41, 5.74) is 0.587. The number of Topliss-reactive ketones (excluding diaryl/α,β-unsaturated/α-hetero) is 1. The number of fused-ring (bicyclic) bond motifs is 1. The van der Waals surface area contributed by atoms with E-state index in [1.807, 2.05) is 13.8 Å². The Labute approximate surface area is 166 Å². The van der Waals surface area contributed by atoms with Gasteiger partial charge >= 0.3 is 5.97 Å². The SMILES string of the molecule is C=CCOC(=O)c1sc(NC(=O)c2ccc3c(c2)C(=O)CC(C)(C)O3)nc1C. The topological polar surface area (TPSA) is 94.6 Å². The van der Waals surface area contributed by atoms with Gasteiger partial charge in [-0.15, -0.1) is 0 Å². The summed E-state index contributed by atoms with van der Waals surface area (Å²) < 4.78 is 10.8. The maximum atomic E-state index is 12.6. The van der Waals surface area contributed by atoms with E-state index < -0.39 is 17.5 Å². The number of anilines is 1. The van der Waals surface area contributed by atoms with Crippen LogP contribution in [0.4, 0.5) is 5.13 Å². The van der Waals surface area contributed by atoms with Crippen LogP contribution in [-0.2, 0) is 4.74 Å². The summed E-state index contributed by atoms with van der Waals surface area (Å²) in [5, 5.41) is 2.93. The number of amides is 1. The average Bonchev–Trinajstić information content (AvgIpc) is 2.98. The van der Waals surface area contributed by atoms with Crippen LogP contribution in [0.5, 0.6) is 5.75 Å². The molecule has 1 aliphatic heterocycles. The molecular weight excluding hydrogens is 380 g/mol. The Bertz CT molecular complexity index is 977. The van der Waals surface area contributed by atoms with Gasteiger partial charge in [0.2, 0.25) is 0 Å². The Hall–Kier alpha value is -3.00. The van der Waals surface area contributed by atoms with Gasteiger partial charge in [-0.1, -0.05) is 24.0 Å². The largest absolute Gasteiger partial charge is 0.487 e. The lowest BCUT2D eigenvalue weighted by atomic mass is 9.92. The Morgan fingerprint density at radius 1 is 1.43 bits per heavy atom. The predicted octanol–water partition coefficient (Wildman–Crippen LogP) is 3.79. The Balaban J connectivity index is 1.77. The quantitative estimate of drug-likeness (QED) is 0.606. The number of aryl methyl sites for hydroxylation is 1. The molecule has 0 saturated carbocycles. The lowest BCUT2D eigenvalue weighted by molar-refractivity contribution is 0.0552. The molecule has 0 unspecified atom stereocenters. The number of rotatable bonds is 5. The molecule has 0 atom stereocenters. The van der Waals surface area contributed by atoms with Crippen LogP contribution in [0.25, 0.3) is 0 Å². The zero-order chi connectivity index (χ0) is 20.5. The summed E-state index contributed by atoms with van der Waals surface area (Å²) in [4.78, 5) is 41.4. The maximum Gasteiger partial charge on any atom is 0.350 e. The third kappa shape index (κ3) is 4.12. The Morgan fingerprint density at radius 2 is 2.18 bits per heavy atom. The number of ether oxygens (including phenoxy) is 2. The fraction of sp³-hybridized carbons (Fsp3) is 0.300. The van der Waals surface area contributed by atoms with Gasteiger partial charge in [-0.2, -0.15) is 0 Å². The molecule has 1 aromatic carbocycles. The van der Waals surface area contributed by atoms with Crippen molar-refractivity contribution in [3.8, 4) is 5.75 Å². The molecule has 3 rings (SSSR count). The normalized spacial score (nSPS) is 14.6. The second-order valence-electron chi connectivity index (χ2n) is 6.95. The first kappa shape index (κ1) is 19.8. The molecule has 1 aromatic heterocycles. The van der Waals surface area contributed by atoms with Crippen molar-refractivity contribution in [2.75, 3.05) is 11.9 Å². The van der Waals surface area contributed by atoms with E-state index in [-0.39, 0.29) is 23.9 Å². The molecular formula is C20H20N2O5S. The summed E-state index contributed by atoms with van der Waals surface area (Å²) in [7, 11) is 0. The number of benzene rings is 1. The van der Waals surface area contributed by atoms with Gasteiger partial charge < -0.3 is 9.47 Å². The lowest BCUT2D eigenvalue weighted by Gasteiger charge is -2.31. The van der Waals surface area contributed by atoms with Gasteiger partial charge in [0.1, 0.15) is 22.8 Å². The van der Waals surface area contributed by atoms with Crippen molar-refractivity contribution in [3.05, 3.63) is 52.6 Å². The van der Waals surface area contributed by atoms with Crippen LogP contribution in [-0.4, -0.2) is 34.9 Å². The van der Waals surface area contributed by atoms with E-state index in [9.17, 15) is 14.4 Å². The smallest absolute Gasteiger partial charge is 0.350 e. The van der Waals surface area contributed by atoms with Crippen molar-refractivity contribution in [1.82, 2.24) is 4.98 Å². The molecule has 0 fully saturated rings. The van der Waals surface area contributed by atoms with Crippen LogP contribution < -0.4 is 10.1 Å². The number of esters is 1. The maximum absolute atomic E-state index is 12.6. The van der Waals surface area contributed by atoms with Gasteiger partial charge in [0.05, 0.1) is 17.7 Å². The van der Waals surface area contributed by atoms with Crippen molar-refractivity contribution in [2.45, 2.75) is 32.8 Å². The van der Waals surface area contributed by atoms with Gasteiger partial charge in [0, 0.05) is 5.56 Å². The molecule has 2 aromatic rings. The molecule has 0 radical (unpaired) electrons. The average molecular weight is 400 g/mol. The number of aromatic nitrogens is 1. The van der Waals surface area contributed by atoms with Gasteiger partial charge in [-0.3, -0.25) is 14.9 Å². The minimum Gasteiger partial charge on any atom is -0.487 e. The first-order chi connectivity index (χ1) is 13.2. The lowest BCUT2D eigenvalue weighted by Crippen LogP contribution is -2.36. The molecule has 28 heavy (non-hydrogen) atoms. The van der Waals surface area contributed by atoms with Crippen LogP contribution in [0, 0.1) is 6.92 Å². The third-order valence-corrected chi connectivity index (χ3v) is 5.10. The van der Waals surface area contributed by atoms with E-state index in [1.165, 1.54) is 12.1 Å². The van der Waals surface area contributed by atoms with Crippen LogP contribution in [0.3, 0.4) is 0 Å². The van der Waals surface area contributed by atoms with E-state index in [4.69, 9.17) is 9.47 Å². The van der Waals surface area contributed by atoms with Crippen molar-refractivity contribution >= 4 is 34.1 Å². The fourth-order valence-corrected chi connectivity index (χ4v) is 3.66. The second-order valence-corrected chi connectivity index (χ2v) is 7.95. The van der Waals surface area contributed by atoms with Gasteiger partial charge in [-0.25, -0.2) is 9.78 Å². The first-order valence-corrected chi connectivity index (χ1v) is 9.45. The van der Waals surface area contributed by atoms with Crippen LogP contribution in [0.1, 0.15) is 56.3 Å². The zero-order valence-electron chi connectivity index (χ0n) is 15.8. The monoisotopic (exact) mass is 400 g/mol. The number of ketones is 1. The van der Waals surface area contributed by atoms with E-state index >= 15 is 0 Å². The van der Waals surface area contributed by atoms with Gasteiger partial charge in [0.15, 0.2) is 10.9 Å². The van der Waals surface area contributed by atoms with Gasteiger partial charge in [0.25, 0.3) is 5.91 Å². The number of hydrogen-bond donors (Lipinski definition) is 1. The van der Waals surface area contributed by atoms with Crippen molar-refractivity contribution < 1.29 is 23.9 Å². The van der Waals surface area contributed by atoms with Crippen molar-refractivity contribution in [3.63, 3.8) is 0 Å². The standard InChI is InChI=1S/C20H20N2O5S/c1-5-8-26-18(25)16-11(2)21-19(28-16)22-17(24)12-6-7-15-13(9-12)14(23)10-20(3,4)27-15/h5-7,9H,1,8,10H2,2-4H3,(H,21,22,24). The minimum atomic E-state index is -0.567. The summed E-state index contributed by atoms with van der Waals surface area (Å²) in [6.45, 7) is 8.94. The molecule has 0 saturated heterocycles. The fourth-order valence-electron chi connectivity index (χ4n) is 2.80. The van der Waals surface area contributed by atoms with Crippen molar-refractivity contribution in [1.29, 1.82) is 0 Å². The number of carbonyl (C=O) groups excluding carboxylic acids is 3. The van der Waals surface area contributed by atoms with Crippen LogP contribution in [0.2, 0.25) is 0 Å². The van der Waals surface area contributed by atoms with E-state index in [0.29, 0.717) is 27.4 Å². The molecule has 7 nitrogen and oxygen atoms in total. The molecule has 1 amide bonds. The first-order valence-electron chi connectivity index (χ1n) is 8.63. The van der Waals surface area contributed by atoms with E-state index in [0.717, 1.165) is 11.3 Å². The summed E-state index contributed by atoms with van der Waals surface area (Å²) in [5.74, 6) is -0.553. The number of nitrogens with zero attached hydrogens (tertiary/aromatic N) is 1. The van der Waals surface area contributed by atoms with E-state index in [1.54, 1.807) is 19.1 Å². The Morgan fingerprint density at radius 3 is 2.89 bits per heavy atom. The molecule has 146 valence electrons. The molecule has 2 heterocycles. The number of hydrogen-bond acceptors (Lipinski definition) is 7. The highest BCUT2D eigenvalue weighted by Crippen LogP contribution is 2.33. The highest BCUT2D eigenvalue weighted by Gasteiger charge is 2.33. The zero-order valence-corrected chi connectivity index (χ0v) is 16.6. The van der Waals surface area contributed by atoms with E-state index in [2.05, 4.69) is 16.9 Å². The Kier molecular flexibility index (Phi) is 5.33. The summed E-state index contributed by atoms with van der Waals surface area (Å²) in [6, 6.07) is 4.72. The van der Waals surface area contributed by atoms with Crippen LogP contribution in [0.15, 0.2) is 30.9 Å². The number of thiazole rings is 1. The molecule has 0 aliphatic carbocycles. The van der Waals surface area contributed by atoms with Crippen molar-refractivity contribution in [2.24, 2.45) is 0 Å². The minimum absolute atomic E-state index is 0.0711. The molecule has 8 heteroatoms. The number of nitrogens with one attached hydrogen (secondary N) is 1. The summed E-state index contributed by atoms with van der Waals surface area (Å²) >= 11 is 1.03. The predicted molar refractivity (Wildman–Crippen MR) is 105 cm³/mol. The molecule has 1 N–H and O–H groups in total. The molecule has 0 bridgehead atoms. The highest BCUT2D eigenvalue weighted by molar-refractivity contribution is 7.17. The summed E-state index contributed by atoms with van der Waals surface area (Å²) in [6.07, 6.45) is 1.71. The molecule has 0 spiro atoms. The number of carbonyl (C=O) groups is 3. The highest BCUT2D eigenvalue weighted by atomic mass is 32.1.